The fraction of sp³-hybridized carbons (Fsp3) is 0.368. The largest absolute Gasteiger partial charge is 0.405 e. The van der Waals surface area contributed by atoms with Crippen molar-refractivity contribution < 1.29 is 22.8 Å². The van der Waals surface area contributed by atoms with E-state index >= 15 is 0 Å². The molecule has 1 atom stereocenters. The van der Waals surface area contributed by atoms with E-state index in [4.69, 9.17) is 0 Å². The second-order valence-electron chi connectivity index (χ2n) is 6.72. The first-order valence-corrected chi connectivity index (χ1v) is 10.0. The molecule has 1 aliphatic rings. The lowest BCUT2D eigenvalue weighted by Crippen LogP contribution is -2.49. The molecule has 0 saturated carbocycles. The van der Waals surface area contributed by atoms with Crippen LogP contribution in [0.3, 0.4) is 0 Å². The molecule has 1 fully saturated rings. The Labute approximate surface area is 175 Å². The van der Waals surface area contributed by atoms with Crippen LogP contribution in [0.5, 0.6) is 0 Å². The van der Waals surface area contributed by atoms with E-state index in [0.29, 0.717) is 30.2 Å². The van der Waals surface area contributed by atoms with Gasteiger partial charge in [-0.1, -0.05) is 0 Å². The molecule has 11 heteroatoms. The third kappa shape index (κ3) is 5.85. The summed E-state index contributed by atoms with van der Waals surface area (Å²) in [5.74, 6) is -0.800. The topological polar surface area (TPSA) is 87.2 Å². The Morgan fingerprint density at radius 1 is 1.27 bits per heavy atom. The zero-order chi connectivity index (χ0) is 21.7. The van der Waals surface area contributed by atoms with Crippen molar-refractivity contribution in [3.63, 3.8) is 0 Å². The number of urea groups is 1. The first-order chi connectivity index (χ1) is 14.2. The zero-order valence-electron chi connectivity index (χ0n) is 16.1. The quantitative estimate of drug-likeness (QED) is 0.695. The molecule has 2 N–H and O–H groups in total. The van der Waals surface area contributed by atoms with E-state index in [2.05, 4.69) is 15.3 Å². The van der Waals surface area contributed by atoms with Crippen LogP contribution in [0.1, 0.15) is 18.4 Å². The van der Waals surface area contributed by atoms with Crippen LogP contribution in [0, 0.1) is 6.92 Å². The standard InChI is InChI=1S/C19H20F3N5O2S/c1-12-10-13(30-17-23-7-3-8-24-17)5-6-14(12)26-18(29)27-9-2-4-15(27)16(28)25-11-19(20,21)22/h3,5-8,10,15H,2,4,9,11H2,1H3,(H,25,28)(H,26,29). The van der Waals surface area contributed by atoms with Crippen molar-refractivity contribution in [2.24, 2.45) is 0 Å². The number of nitrogens with one attached hydrogen (secondary N) is 2. The average Bonchev–Trinajstić information content (AvgIpc) is 3.18. The van der Waals surface area contributed by atoms with Gasteiger partial charge in [-0.05, 0) is 61.4 Å². The van der Waals surface area contributed by atoms with Gasteiger partial charge in [-0.3, -0.25) is 4.79 Å². The molecular formula is C19H20F3N5O2S. The number of likely N-dealkylation sites (tertiary alicyclic amines) is 1. The number of rotatable bonds is 5. The SMILES string of the molecule is Cc1cc(Sc2ncccn2)ccc1NC(=O)N1CCCC1C(=O)NCC(F)(F)F. The van der Waals surface area contributed by atoms with Gasteiger partial charge >= 0.3 is 12.2 Å². The van der Waals surface area contributed by atoms with Crippen LogP contribution in [0.25, 0.3) is 0 Å². The van der Waals surface area contributed by atoms with Crippen molar-refractivity contribution in [3.05, 3.63) is 42.2 Å². The second-order valence-corrected chi connectivity index (χ2v) is 7.77. The fourth-order valence-electron chi connectivity index (χ4n) is 3.06. The molecule has 0 bridgehead atoms. The normalized spacial score (nSPS) is 16.4. The molecule has 2 aromatic rings. The Morgan fingerprint density at radius 3 is 2.67 bits per heavy atom. The van der Waals surface area contributed by atoms with Gasteiger partial charge in [0.15, 0.2) is 5.16 Å². The number of alkyl halides is 3. The van der Waals surface area contributed by atoms with Crippen molar-refractivity contribution in [2.75, 3.05) is 18.4 Å². The Bertz CT molecular complexity index is 911. The van der Waals surface area contributed by atoms with Gasteiger partial charge in [-0.2, -0.15) is 13.2 Å². The summed E-state index contributed by atoms with van der Waals surface area (Å²) in [6.07, 6.45) is -0.336. The van der Waals surface area contributed by atoms with E-state index in [9.17, 15) is 22.8 Å². The van der Waals surface area contributed by atoms with Crippen LogP contribution in [-0.2, 0) is 4.79 Å². The van der Waals surface area contributed by atoms with Crippen LogP contribution >= 0.6 is 11.8 Å². The highest BCUT2D eigenvalue weighted by Crippen LogP contribution is 2.28. The third-order valence-corrected chi connectivity index (χ3v) is 5.35. The number of amides is 3. The van der Waals surface area contributed by atoms with Gasteiger partial charge < -0.3 is 15.5 Å². The van der Waals surface area contributed by atoms with Crippen LogP contribution in [0.2, 0.25) is 0 Å². The van der Waals surface area contributed by atoms with Crippen LogP contribution < -0.4 is 10.6 Å². The van der Waals surface area contributed by atoms with Gasteiger partial charge in [-0.25, -0.2) is 14.8 Å². The van der Waals surface area contributed by atoms with E-state index in [0.717, 1.165) is 10.5 Å². The molecular weight excluding hydrogens is 419 g/mol. The number of aromatic nitrogens is 2. The average molecular weight is 439 g/mol. The lowest BCUT2D eigenvalue weighted by Gasteiger charge is -2.25. The van der Waals surface area contributed by atoms with Gasteiger partial charge in [0.2, 0.25) is 5.91 Å². The minimum Gasteiger partial charge on any atom is -0.345 e. The monoisotopic (exact) mass is 439 g/mol. The number of aryl methyl sites for hydroxylation is 1. The summed E-state index contributed by atoms with van der Waals surface area (Å²) in [4.78, 5) is 35.2. The van der Waals surface area contributed by atoms with E-state index in [1.165, 1.54) is 16.7 Å². The highest BCUT2D eigenvalue weighted by molar-refractivity contribution is 7.99. The smallest absolute Gasteiger partial charge is 0.345 e. The molecule has 0 spiro atoms. The number of hydrogen-bond donors (Lipinski definition) is 2. The molecule has 160 valence electrons. The Balaban J connectivity index is 1.62. The maximum absolute atomic E-state index is 12.6. The van der Waals surface area contributed by atoms with Crippen molar-refractivity contribution >= 4 is 29.4 Å². The summed E-state index contributed by atoms with van der Waals surface area (Å²) < 4.78 is 37.0. The molecule has 0 radical (unpaired) electrons. The van der Waals surface area contributed by atoms with Crippen molar-refractivity contribution in [1.29, 1.82) is 0 Å². The molecule has 3 rings (SSSR count). The Hall–Kier alpha value is -2.82. The summed E-state index contributed by atoms with van der Waals surface area (Å²) in [7, 11) is 0. The number of carbonyl (C=O) groups excluding carboxylic acids is 2. The first-order valence-electron chi connectivity index (χ1n) is 9.20. The lowest BCUT2D eigenvalue weighted by atomic mass is 10.2. The summed E-state index contributed by atoms with van der Waals surface area (Å²) >= 11 is 1.38. The molecule has 1 aromatic carbocycles. The van der Waals surface area contributed by atoms with E-state index in [-0.39, 0.29) is 0 Å². The van der Waals surface area contributed by atoms with Gasteiger partial charge in [0, 0.05) is 29.5 Å². The van der Waals surface area contributed by atoms with E-state index in [1.807, 2.05) is 18.3 Å². The summed E-state index contributed by atoms with van der Waals surface area (Å²) in [5, 5.41) is 5.20. The minimum absolute atomic E-state index is 0.300. The summed E-state index contributed by atoms with van der Waals surface area (Å²) in [6.45, 7) is 0.707. The maximum atomic E-state index is 12.6. The predicted molar refractivity (Wildman–Crippen MR) is 105 cm³/mol. The Kier molecular flexibility index (Phi) is 6.80. The summed E-state index contributed by atoms with van der Waals surface area (Å²) in [5.41, 5.74) is 1.35. The molecule has 1 aromatic heterocycles. The first kappa shape index (κ1) is 21.9. The van der Waals surface area contributed by atoms with E-state index in [1.54, 1.807) is 30.6 Å². The number of nitrogens with zero attached hydrogens (tertiary/aromatic N) is 3. The van der Waals surface area contributed by atoms with Gasteiger partial charge in [0.25, 0.3) is 0 Å². The highest BCUT2D eigenvalue weighted by Gasteiger charge is 2.36. The van der Waals surface area contributed by atoms with Gasteiger partial charge in [0.05, 0.1) is 0 Å². The molecule has 0 aliphatic carbocycles. The molecule has 7 nitrogen and oxygen atoms in total. The second kappa shape index (κ2) is 9.33. The van der Waals surface area contributed by atoms with E-state index < -0.39 is 30.7 Å². The molecule has 1 saturated heterocycles. The third-order valence-electron chi connectivity index (χ3n) is 4.47. The zero-order valence-corrected chi connectivity index (χ0v) is 16.9. The number of anilines is 1. The Morgan fingerprint density at radius 2 is 2.00 bits per heavy atom. The van der Waals surface area contributed by atoms with Gasteiger partial charge in [-0.15, -0.1) is 0 Å². The molecule has 1 aliphatic heterocycles. The van der Waals surface area contributed by atoms with Crippen LogP contribution in [0.15, 0.2) is 46.7 Å². The highest BCUT2D eigenvalue weighted by atomic mass is 32.2. The number of halogens is 3. The number of hydrogen-bond acceptors (Lipinski definition) is 5. The van der Waals surface area contributed by atoms with Gasteiger partial charge in [0.1, 0.15) is 12.6 Å². The lowest BCUT2D eigenvalue weighted by molar-refractivity contribution is -0.140. The predicted octanol–water partition coefficient (Wildman–Crippen LogP) is 3.61. The molecule has 3 amide bonds. The summed E-state index contributed by atoms with van der Waals surface area (Å²) in [6, 6.07) is 5.69. The van der Waals surface area contributed by atoms with Crippen molar-refractivity contribution in [3.8, 4) is 0 Å². The molecule has 30 heavy (non-hydrogen) atoms. The number of carbonyl (C=O) groups is 2. The molecule has 2 heterocycles. The van der Waals surface area contributed by atoms with Crippen LogP contribution in [0.4, 0.5) is 23.7 Å². The maximum Gasteiger partial charge on any atom is 0.405 e. The van der Waals surface area contributed by atoms with Crippen molar-refractivity contribution in [1.82, 2.24) is 20.2 Å². The fourth-order valence-corrected chi connectivity index (χ4v) is 3.87. The van der Waals surface area contributed by atoms with Crippen LogP contribution in [-0.4, -0.2) is 52.1 Å². The number of benzene rings is 1. The van der Waals surface area contributed by atoms with Crippen molar-refractivity contribution in [2.45, 2.75) is 42.0 Å². The minimum atomic E-state index is -4.50. The molecule has 1 unspecified atom stereocenters.